The first-order chi connectivity index (χ1) is 12.0. The van der Waals surface area contributed by atoms with Gasteiger partial charge in [-0.2, -0.15) is 4.31 Å². The van der Waals surface area contributed by atoms with Crippen molar-refractivity contribution in [3.8, 4) is 11.1 Å². The summed E-state index contributed by atoms with van der Waals surface area (Å²) in [5.41, 5.74) is 2.72. The second-order valence-corrected chi connectivity index (χ2v) is 7.89. The monoisotopic (exact) mass is 359 g/mol. The Labute approximate surface area is 145 Å². The predicted molar refractivity (Wildman–Crippen MR) is 91.3 cm³/mol. The van der Waals surface area contributed by atoms with Crippen LogP contribution in [-0.4, -0.2) is 58.3 Å². The van der Waals surface area contributed by atoms with Crippen molar-refractivity contribution in [3.63, 3.8) is 0 Å². The number of ether oxygens (including phenoxy) is 1. The minimum atomic E-state index is -3.25. The van der Waals surface area contributed by atoms with Crippen molar-refractivity contribution in [1.29, 1.82) is 0 Å². The van der Waals surface area contributed by atoms with Gasteiger partial charge in [0.05, 0.1) is 12.9 Å². The summed E-state index contributed by atoms with van der Waals surface area (Å²) in [4.78, 5) is 8.50. The van der Waals surface area contributed by atoms with Crippen LogP contribution in [0.3, 0.4) is 0 Å². The minimum Gasteiger partial charge on any atom is -0.367 e. The Hall–Kier alpha value is -2.36. The van der Waals surface area contributed by atoms with Crippen LogP contribution >= 0.6 is 0 Å². The molecule has 0 radical (unpaired) electrons. The molecule has 0 aliphatic carbocycles. The molecule has 0 amide bonds. The molecule has 0 N–H and O–H groups in total. The first kappa shape index (κ1) is 16.1. The molecule has 9 heteroatoms. The van der Waals surface area contributed by atoms with Crippen LogP contribution in [0, 0.1) is 0 Å². The third-order valence-corrected chi connectivity index (χ3v) is 5.42. The van der Waals surface area contributed by atoms with Crippen LogP contribution in [0.15, 0.2) is 42.9 Å². The molecule has 0 bridgehead atoms. The van der Waals surface area contributed by atoms with Gasteiger partial charge in [-0.3, -0.25) is 4.98 Å². The lowest BCUT2D eigenvalue weighted by Crippen LogP contribution is -2.41. The zero-order chi connectivity index (χ0) is 17.4. The van der Waals surface area contributed by atoms with E-state index in [1.807, 2.05) is 30.5 Å². The number of morpholine rings is 1. The Kier molecular flexibility index (Phi) is 3.98. The van der Waals surface area contributed by atoms with E-state index >= 15 is 0 Å². The fourth-order valence-corrected chi connectivity index (χ4v) is 3.65. The van der Waals surface area contributed by atoms with Crippen LogP contribution in [0.25, 0.3) is 16.8 Å². The van der Waals surface area contributed by atoms with E-state index in [2.05, 4.69) is 15.1 Å². The smallest absolute Gasteiger partial charge is 0.211 e. The van der Waals surface area contributed by atoms with Crippen LogP contribution in [0.4, 0.5) is 0 Å². The molecular formula is C16H17N5O3S. The lowest BCUT2D eigenvalue weighted by atomic mass is 10.1. The summed E-state index contributed by atoms with van der Waals surface area (Å²) in [6.07, 6.45) is 6.10. The van der Waals surface area contributed by atoms with E-state index in [4.69, 9.17) is 4.74 Å². The van der Waals surface area contributed by atoms with Crippen molar-refractivity contribution in [2.45, 2.75) is 6.10 Å². The molecule has 1 fully saturated rings. The van der Waals surface area contributed by atoms with Gasteiger partial charge in [-0.05, 0) is 29.8 Å². The number of aromatic nitrogens is 4. The van der Waals surface area contributed by atoms with Gasteiger partial charge < -0.3 is 4.74 Å². The third kappa shape index (κ3) is 3.26. The predicted octanol–water partition coefficient (Wildman–Crippen LogP) is 1.12. The summed E-state index contributed by atoms with van der Waals surface area (Å²) in [6.45, 7) is 0.914. The Morgan fingerprint density at radius 1 is 1.16 bits per heavy atom. The van der Waals surface area contributed by atoms with Crippen LogP contribution in [0.5, 0.6) is 0 Å². The normalized spacial score (nSPS) is 19.3. The molecule has 1 aliphatic heterocycles. The number of hydrogen-bond acceptors (Lipinski definition) is 6. The average Bonchev–Trinajstić information content (AvgIpc) is 3.05. The van der Waals surface area contributed by atoms with Gasteiger partial charge in [0.2, 0.25) is 10.0 Å². The minimum absolute atomic E-state index is 0.229. The van der Waals surface area contributed by atoms with Crippen LogP contribution < -0.4 is 0 Å². The third-order valence-electron chi connectivity index (χ3n) is 4.15. The van der Waals surface area contributed by atoms with Gasteiger partial charge in [0.15, 0.2) is 11.5 Å². The van der Waals surface area contributed by atoms with E-state index < -0.39 is 16.1 Å². The van der Waals surface area contributed by atoms with Crippen molar-refractivity contribution in [1.82, 2.24) is 23.9 Å². The van der Waals surface area contributed by atoms with Gasteiger partial charge in [0.25, 0.3) is 0 Å². The summed E-state index contributed by atoms with van der Waals surface area (Å²) in [5.74, 6) is 0.486. The second-order valence-electron chi connectivity index (χ2n) is 5.91. The summed E-state index contributed by atoms with van der Waals surface area (Å²) in [7, 11) is -3.25. The highest BCUT2D eigenvalue weighted by atomic mass is 32.2. The quantitative estimate of drug-likeness (QED) is 0.696. The van der Waals surface area contributed by atoms with Crippen LogP contribution in [0.2, 0.25) is 0 Å². The van der Waals surface area contributed by atoms with Gasteiger partial charge in [0, 0.05) is 37.2 Å². The molecular weight excluding hydrogens is 342 g/mol. The molecule has 25 heavy (non-hydrogen) atoms. The van der Waals surface area contributed by atoms with Crippen molar-refractivity contribution in [2.24, 2.45) is 0 Å². The SMILES string of the molecule is CS(=O)(=O)N1CCOC(c2nc3ccc(-c4ccncc4)cn3n2)C1. The number of fused-ring (bicyclic) bond motifs is 1. The fourth-order valence-electron chi connectivity index (χ4n) is 2.83. The van der Waals surface area contributed by atoms with E-state index in [-0.39, 0.29) is 6.54 Å². The maximum atomic E-state index is 11.8. The zero-order valence-electron chi connectivity index (χ0n) is 13.6. The largest absolute Gasteiger partial charge is 0.367 e. The van der Waals surface area contributed by atoms with Gasteiger partial charge in [-0.25, -0.2) is 17.9 Å². The lowest BCUT2D eigenvalue weighted by Gasteiger charge is -2.29. The summed E-state index contributed by atoms with van der Waals surface area (Å²) in [5, 5.41) is 4.48. The van der Waals surface area contributed by atoms with Crippen LogP contribution in [-0.2, 0) is 14.8 Å². The highest BCUT2D eigenvalue weighted by molar-refractivity contribution is 7.88. The molecule has 1 aliphatic rings. The van der Waals surface area contributed by atoms with Gasteiger partial charge in [0.1, 0.15) is 6.10 Å². The fraction of sp³-hybridized carbons (Fsp3) is 0.312. The highest BCUT2D eigenvalue weighted by Crippen LogP contribution is 2.23. The second kappa shape index (κ2) is 6.17. The molecule has 1 unspecified atom stereocenters. The molecule has 0 saturated carbocycles. The van der Waals surface area contributed by atoms with Crippen molar-refractivity contribution < 1.29 is 13.2 Å². The van der Waals surface area contributed by atoms with Gasteiger partial charge in [-0.1, -0.05) is 0 Å². The van der Waals surface area contributed by atoms with Gasteiger partial charge >= 0.3 is 0 Å². The summed E-state index contributed by atoms with van der Waals surface area (Å²) in [6, 6.07) is 7.69. The first-order valence-corrected chi connectivity index (χ1v) is 9.69. The van der Waals surface area contributed by atoms with E-state index in [1.165, 1.54) is 10.6 Å². The molecule has 1 atom stereocenters. The zero-order valence-corrected chi connectivity index (χ0v) is 14.4. The Morgan fingerprint density at radius 2 is 1.96 bits per heavy atom. The molecule has 4 heterocycles. The molecule has 3 aromatic heterocycles. The maximum absolute atomic E-state index is 11.8. The Bertz CT molecular complexity index is 1000. The van der Waals surface area contributed by atoms with Crippen molar-refractivity contribution in [3.05, 3.63) is 48.7 Å². The standard InChI is InChI=1S/C16H17N5O3S/c1-25(22,23)20-8-9-24-14(11-20)16-18-15-3-2-13(10-21(15)19-16)12-4-6-17-7-5-12/h2-7,10,14H,8-9,11H2,1H3. The van der Waals surface area contributed by atoms with Crippen molar-refractivity contribution in [2.75, 3.05) is 26.0 Å². The molecule has 130 valence electrons. The van der Waals surface area contributed by atoms with E-state index in [9.17, 15) is 8.42 Å². The number of hydrogen-bond donors (Lipinski definition) is 0. The van der Waals surface area contributed by atoms with E-state index in [0.717, 1.165) is 11.1 Å². The first-order valence-electron chi connectivity index (χ1n) is 7.84. The number of pyridine rings is 2. The van der Waals surface area contributed by atoms with Crippen LogP contribution in [0.1, 0.15) is 11.9 Å². The maximum Gasteiger partial charge on any atom is 0.211 e. The van der Waals surface area contributed by atoms with Gasteiger partial charge in [-0.15, -0.1) is 5.10 Å². The molecule has 0 aromatic carbocycles. The molecule has 4 rings (SSSR count). The van der Waals surface area contributed by atoms with Crippen molar-refractivity contribution >= 4 is 15.7 Å². The Morgan fingerprint density at radius 3 is 2.72 bits per heavy atom. The Balaban J connectivity index is 1.65. The summed E-state index contributed by atoms with van der Waals surface area (Å²) >= 11 is 0. The number of nitrogens with zero attached hydrogens (tertiary/aromatic N) is 5. The number of sulfonamides is 1. The van der Waals surface area contributed by atoms with E-state index in [0.29, 0.717) is 24.6 Å². The summed E-state index contributed by atoms with van der Waals surface area (Å²) < 4.78 is 32.3. The molecule has 0 spiro atoms. The highest BCUT2D eigenvalue weighted by Gasteiger charge is 2.30. The molecule has 8 nitrogen and oxygen atoms in total. The number of rotatable bonds is 3. The average molecular weight is 359 g/mol. The van der Waals surface area contributed by atoms with E-state index in [1.54, 1.807) is 16.9 Å². The molecule has 1 saturated heterocycles. The molecule has 3 aromatic rings. The lowest BCUT2D eigenvalue weighted by molar-refractivity contribution is -0.00716. The topological polar surface area (TPSA) is 89.7 Å².